The van der Waals surface area contributed by atoms with E-state index in [1.165, 1.54) is 16.5 Å². The van der Waals surface area contributed by atoms with Gasteiger partial charge in [-0.3, -0.25) is 10.1 Å². The smallest absolute Gasteiger partial charge is 0.272 e. The number of fused-ring (bicyclic) bond motifs is 1. The first-order chi connectivity index (χ1) is 10.1. The molecule has 0 amide bonds. The molecule has 2 aromatic carbocycles. The average molecular weight is 301 g/mol. The summed E-state index contributed by atoms with van der Waals surface area (Å²) in [4.78, 5) is 11.8. The molecule has 108 valence electrons. The molecule has 0 aliphatic carbocycles. The van der Waals surface area contributed by atoms with E-state index in [2.05, 4.69) is 18.2 Å². The minimum atomic E-state index is -0.372. The molecule has 0 radical (unpaired) electrons. The van der Waals surface area contributed by atoms with Crippen molar-refractivity contribution in [2.45, 2.75) is 17.7 Å². The molecule has 0 N–H and O–H groups in total. The molecular formula is C16H15NO3S. The average Bonchev–Trinajstić information content (AvgIpc) is 2.88. The van der Waals surface area contributed by atoms with Crippen molar-refractivity contribution in [3.05, 3.63) is 63.7 Å². The fourth-order valence-electron chi connectivity index (χ4n) is 2.49. The molecule has 0 bridgehead atoms. The Bertz CT molecular complexity index is 687. The van der Waals surface area contributed by atoms with E-state index in [1.807, 2.05) is 17.8 Å². The van der Waals surface area contributed by atoms with Gasteiger partial charge in [0, 0.05) is 28.2 Å². The molecule has 0 saturated heterocycles. The Morgan fingerprint density at radius 3 is 2.90 bits per heavy atom. The second-order valence-electron chi connectivity index (χ2n) is 5.06. The number of aryl methyl sites for hydroxylation is 1. The first kappa shape index (κ1) is 13.9. The summed E-state index contributed by atoms with van der Waals surface area (Å²) in [5, 5.41) is 10.8. The summed E-state index contributed by atoms with van der Waals surface area (Å²) < 4.78 is 5.83. The van der Waals surface area contributed by atoms with E-state index in [0.717, 1.165) is 5.75 Å². The van der Waals surface area contributed by atoms with Crippen LogP contribution in [0.1, 0.15) is 17.0 Å². The third-order valence-electron chi connectivity index (χ3n) is 3.61. The number of nitro benzene ring substituents is 1. The lowest BCUT2D eigenvalue weighted by Crippen LogP contribution is -2.09. The molecule has 0 spiro atoms. The highest BCUT2D eigenvalue weighted by Gasteiger charge is 2.23. The van der Waals surface area contributed by atoms with Gasteiger partial charge in [-0.1, -0.05) is 18.2 Å². The Balaban J connectivity index is 1.69. The Hall–Kier alpha value is -2.01. The number of benzene rings is 2. The van der Waals surface area contributed by atoms with Crippen molar-refractivity contribution >= 4 is 17.4 Å². The number of rotatable bonds is 4. The van der Waals surface area contributed by atoms with Gasteiger partial charge in [0.25, 0.3) is 5.69 Å². The quantitative estimate of drug-likeness (QED) is 0.628. The Labute approximate surface area is 127 Å². The molecule has 1 atom stereocenters. The molecule has 4 nitrogen and oxygen atoms in total. The van der Waals surface area contributed by atoms with Crippen LogP contribution < -0.4 is 4.74 Å². The van der Waals surface area contributed by atoms with Gasteiger partial charge in [-0.15, -0.1) is 11.8 Å². The number of nitrogens with zero attached hydrogens (tertiary/aromatic N) is 1. The molecule has 0 fully saturated rings. The van der Waals surface area contributed by atoms with Crippen molar-refractivity contribution in [2.24, 2.45) is 0 Å². The number of nitro groups is 1. The summed E-state index contributed by atoms with van der Waals surface area (Å²) in [6.45, 7) is 2.33. The molecule has 2 aromatic rings. The van der Waals surface area contributed by atoms with Crippen LogP contribution in [0.3, 0.4) is 0 Å². The van der Waals surface area contributed by atoms with Gasteiger partial charge < -0.3 is 4.74 Å². The zero-order valence-electron chi connectivity index (χ0n) is 11.6. The van der Waals surface area contributed by atoms with Crippen molar-refractivity contribution in [3.63, 3.8) is 0 Å². The third kappa shape index (κ3) is 2.88. The van der Waals surface area contributed by atoms with Crippen LogP contribution in [0.2, 0.25) is 0 Å². The molecule has 1 heterocycles. The molecule has 5 heteroatoms. The topological polar surface area (TPSA) is 52.4 Å². The number of hydrogen-bond acceptors (Lipinski definition) is 4. The van der Waals surface area contributed by atoms with Gasteiger partial charge in [0.1, 0.15) is 5.75 Å². The maximum Gasteiger partial charge on any atom is 0.272 e. The van der Waals surface area contributed by atoms with E-state index >= 15 is 0 Å². The van der Waals surface area contributed by atoms with Gasteiger partial charge in [-0.2, -0.15) is 0 Å². The van der Waals surface area contributed by atoms with Crippen LogP contribution in [-0.2, 0) is 0 Å². The Morgan fingerprint density at radius 1 is 1.33 bits per heavy atom. The first-order valence-electron chi connectivity index (χ1n) is 6.74. The zero-order chi connectivity index (χ0) is 14.8. The van der Waals surface area contributed by atoms with E-state index < -0.39 is 0 Å². The predicted octanol–water partition coefficient (Wildman–Crippen LogP) is 4.17. The van der Waals surface area contributed by atoms with Crippen LogP contribution >= 0.6 is 11.8 Å². The molecule has 0 aromatic heterocycles. The monoisotopic (exact) mass is 301 g/mol. The highest BCUT2D eigenvalue weighted by Crippen LogP contribution is 2.39. The summed E-state index contributed by atoms with van der Waals surface area (Å²) in [6.07, 6.45) is 0. The highest BCUT2D eigenvalue weighted by atomic mass is 32.2. The van der Waals surface area contributed by atoms with Crippen LogP contribution in [0.15, 0.2) is 47.4 Å². The number of hydrogen-bond donors (Lipinski definition) is 0. The summed E-state index contributed by atoms with van der Waals surface area (Å²) >= 11 is 1.85. The Kier molecular flexibility index (Phi) is 3.84. The van der Waals surface area contributed by atoms with Crippen LogP contribution in [0, 0.1) is 17.0 Å². The lowest BCUT2D eigenvalue weighted by atomic mass is 10.0. The molecule has 3 rings (SSSR count). The van der Waals surface area contributed by atoms with Gasteiger partial charge in [0.05, 0.1) is 11.5 Å². The van der Waals surface area contributed by atoms with Crippen molar-refractivity contribution in [2.75, 3.05) is 12.4 Å². The number of thioether (sulfide) groups is 1. The maximum absolute atomic E-state index is 10.8. The number of ether oxygens (including phenoxy) is 1. The van der Waals surface area contributed by atoms with Gasteiger partial charge in [-0.25, -0.2) is 0 Å². The summed E-state index contributed by atoms with van der Waals surface area (Å²) in [6, 6.07) is 13.3. The second kappa shape index (κ2) is 5.77. The van der Waals surface area contributed by atoms with Crippen LogP contribution in [-0.4, -0.2) is 17.3 Å². The minimum absolute atomic E-state index is 0.129. The molecule has 21 heavy (non-hydrogen) atoms. The van der Waals surface area contributed by atoms with E-state index in [9.17, 15) is 10.1 Å². The highest BCUT2D eigenvalue weighted by molar-refractivity contribution is 7.99. The maximum atomic E-state index is 10.8. The van der Waals surface area contributed by atoms with E-state index in [-0.39, 0.29) is 10.6 Å². The van der Waals surface area contributed by atoms with E-state index in [4.69, 9.17) is 4.74 Å². The fraction of sp³-hybridized carbons (Fsp3) is 0.250. The van der Waals surface area contributed by atoms with Crippen molar-refractivity contribution in [3.8, 4) is 5.75 Å². The standard InChI is InChI=1S/C16H15NO3S/c1-11-8-13(6-7-15(11)17(18)19)20-9-12-10-21-16-5-3-2-4-14(12)16/h2-8,12H,9-10H2,1H3. The van der Waals surface area contributed by atoms with Crippen molar-refractivity contribution in [1.82, 2.24) is 0 Å². The SMILES string of the molecule is Cc1cc(OCC2CSc3ccccc32)ccc1[N+](=O)[O-]. The minimum Gasteiger partial charge on any atom is -0.493 e. The van der Waals surface area contributed by atoms with Gasteiger partial charge in [0.2, 0.25) is 0 Å². The molecule has 1 aliphatic rings. The van der Waals surface area contributed by atoms with E-state index in [1.54, 1.807) is 19.1 Å². The van der Waals surface area contributed by atoms with Crippen LogP contribution in [0.5, 0.6) is 5.75 Å². The van der Waals surface area contributed by atoms with Gasteiger partial charge >= 0.3 is 0 Å². The summed E-state index contributed by atoms with van der Waals surface area (Å²) in [7, 11) is 0. The molecule has 1 aliphatic heterocycles. The normalized spacial score (nSPS) is 16.5. The second-order valence-corrected chi connectivity index (χ2v) is 6.12. The summed E-state index contributed by atoms with van der Waals surface area (Å²) in [5.74, 6) is 2.08. The first-order valence-corrected chi connectivity index (χ1v) is 7.73. The molecule has 1 unspecified atom stereocenters. The van der Waals surface area contributed by atoms with Gasteiger partial charge in [0.15, 0.2) is 0 Å². The largest absolute Gasteiger partial charge is 0.493 e. The van der Waals surface area contributed by atoms with Crippen molar-refractivity contribution in [1.29, 1.82) is 0 Å². The predicted molar refractivity (Wildman–Crippen MR) is 83.2 cm³/mol. The lowest BCUT2D eigenvalue weighted by molar-refractivity contribution is -0.385. The Morgan fingerprint density at radius 2 is 2.14 bits per heavy atom. The fourth-order valence-corrected chi connectivity index (χ4v) is 3.72. The lowest BCUT2D eigenvalue weighted by Gasteiger charge is -2.13. The van der Waals surface area contributed by atoms with E-state index in [0.29, 0.717) is 23.8 Å². The van der Waals surface area contributed by atoms with Crippen molar-refractivity contribution < 1.29 is 9.66 Å². The zero-order valence-corrected chi connectivity index (χ0v) is 12.4. The third-order valence-corrected chi connectivity index (χ3v) is 4.87. The molecular weight excluding hydrogens is 286 g/mol. The van der Waals surface area contributed by atoms with Gasteiger partial charge in [-0.05, 0) is 30.7 Å². The molecule has 0 saturated carbocycles. The summed E-state index contributed by atoms with van der Waals surface area (Å²) in [5.41, 5.74) is 2.09. The van der Waals surface area contributed by atoms with Crippen LogP contribution in [0.4, 0.5) is 5.69 Å². The van der Waals surface area contributed by atoms with Crippen LogP contribution in [0.25, 0.3) is 0 Å².